The number of pyridine rings is 1. The van der Waals surface area contributed by atoms with Crippen LogP contribution in [0.25, 0.3) is 66.9 Å². The van der Waals surface area contributed by atoms with Gasteiger partial charge in [-0.1, -0.05) is 121 Å². The van der Waals surface area contributed by atoms with E-state index in [2.05, 4.69) is 96.0 Å². The molecule has 2 aromatic heterocycles. The number of hydrogen-bond acceptors (Lipinski definition) is 3. The third-order valence-electron chi connectivity index (χ3n) is 7.21. The molecule has 5 aromatic carbocycles. The SMILES string of the molecule is c1ccc(-c2nc3ccccc3nc2-c2ccc(-c3ccc(-c4ccc(-c5cccnc5)cc4)cc3)cc2)cc1. The molecule has 0 saturated carbocycles. The molecule has 3 nitrogen and oxygen atoms in total. The molecular formula is C37H25N3. The van der Waals surface area contributed by atoms with E-state index in [4.69, 9.17) is 9.97 Å². The van der Waals surface area contributed by atoms with Crippen LogP contribution in [0.15, 0.2) is 152 Å². The average molecular weight is 512 g/mol. The molecule has 0 amide bonds. The van der Waals surface area contributed by atoms with Crippen molar-refractivity contribution in [2.75, 3.05) is 0 Å². The minimum absolute atomic E-state index is 0.890. The lowest BCUT2D eigenvalue weighted by Crippen LogP contribution is -1.95. The molecule has 3 heteroatoms. The molecule has 0 radical (unpaired) electrons. The predicted molar refractivity (Wildman–Crippen MR) is 165 cm³/mol. The van der Waals surface area contributed by atoms with Crippen molar-refractivity contribution in [3.8, 4) is 55.9 Å². The molecule has 0 fully saturated rings. The van der Waals surface area contributed by atoms with Crippen LogP contribution in [0.3, 0.4) is 0 Å². The summed E-state index contributed by atoms with van der Waals surface area (Å²) in [4.78, 5) is 14.3. The molecule has 0 aliphatic carbocycles. The van der Waals surface area contributed by atoms with E-state index in [1.54, 1.807) is 6.20 Å². The van der Waals surface area contributed by atoms with Crippen LogP contribution in [-0.2, 0) is 0 Å². The number of nitrogens with zero attached hydrogens (tertiary/aromatic N) is 3. The summed E-state index contributed by atoms with van der Waals surface area (Å²) >= 11 is 0. The molecule has 0 saturated heterocycles. The summed E-state index contributed by atoms with van der Waals surface area (Å²) in [6.07, 6.45) is 3.69. The molecular weight excluding hydrogens is 486 g/mol. The number of para-hydroxylation sites is 2. The summed E-state index contributed by atoms with van der Waals surface area (Å²) in [6.45, 7) is 0. The fourth-order valence-corrected chi connectivity index (χ4v) is 5.06. The number of rotatable bonds is 5. The van der Waals surface area contributed by atoms with Gasteiger partial charge < -0.3 is 0 Å². The molecule has 0 atom stereocenters. The Bertz CT molecular complexity index is 1890. The van der Waals surface area contributed by atoms with Crippen LogP contribution in [0.5, 0.6) is 0 Å². The third kappa shape index (κ3) is 4.65. The normalized spacial score (nSPS) is 11.0. The Morgan fingerprint density at radius 2 is 0.675 bits per heavy atom. The van der Waals surface area contributed by atoms with Crippen LogP contribution in [0, 0.1) is 0 Å². The van der Waals surface area contributed by atoms with Gasteiger partial charge in [-0.05, 0) is 51.6 Å². The van der Waals surface area contributed by atoms with E-state index in [1.807, 2.05) is 54.7 Å². The van der Waals surface area contributed by atoms with E-state index in [-0.39, 0.29) is 0 Å². The van der Waals surface area contributed by atoms with Crippen LogP contribution in [-0.4, -0.2) is 15.0 Å². The van der Waals surface area contributed by atoms with Gasteiger partial charge in [-0.3, -0.25) is 4.98 Å². The topological polar surface area (TPSA) is 38.7 Å². The standard InChI is InChI=1S/C37H25N3/c1-2-7-31(8-3-1)36-37(40-35-11-5-4-10-34(35)39-36)32-22-20-29(21-23-32)27-14-12-26(13-15-27)28-16-18-30(19-17-28)33-9-6-24-38-25-33/h1-25H. The van der Waals surface area contributed by atoms with Crippen molar-refractivity contribution in [2.24, 2.45) is 0 Å². The molecule has 0 spiro atoms. The van der Waals surface area contributed by atoms with Gasteiger partial charge in [0.05, 0.1) is 22.4 Å². The molecule has 0 bridgehead atoms. The fourth-order valence-electron chi connectivity index (χ4n) is 5.06. The summed E-state index contributed by atoms with van der Waals surface area (Å²) in [5, 5.41) is 0. The van der Waals surface area contributed by atoms with Crippen LogP contribution in [0.4, 0.5) is 0 Å². The van der Waals surface area contributed by atoms with Crippen LogP contribution >= 0.6 is 0 Å². The number of fused-ring (bicyclic) bond motifs is 1. The Labute approximate surface area is 233 Å². The number of benzene rings is 5. The summed E-state index contributed by atoms with van der Waals surface area (Å²) in [5.74, 6) is 0. The van der Waals surface area contributed by atoms with E-state index in [9.17, 15) is 0 Å². The van der Waals surface area contributed by atoms with Crippen molar-refractivity contribution < 1.29 is 0 Å². The first-order valence-electron chi connectivity index (χ1n) is 13.4. The van der Waals surface area contributed by atoms with Crippen LogP contribution < -0.4 is 0 Å². The molecule has 188 valence electrons. The fraction of sp³-hybridized carbons (Fsp3) is 0. The van der Waals surface area contributed by atoms with Crippen molar-refractivity contribution in [1.82, 2.24) is 15.0 Å². The van der Waals surface area contributed by atoms with Gasteiger partial charge in [0.1, 0.15) is 0 Å². The molecule has 0 unspecified atom stereocenters. The molecule has 0 aliphatic rings. The highest BCUT2D eigenvalue weighted by Gasteiger charge is 2.13. The highest BCUT2D eigenvalue weighted by atomic mass is 14.8. The average Bonchev–Trinajstić information content (AvgIpc) is 3.05. The third-order valence-corrected chi connectivity index (χ3v) is 7.21. The lowest BCUT2D eigenvalue weighted by atomic mass is 9.97. The van der Waals surface area contributed by atoms with E-state index >= 15 is 0 Å². The summed E-state index contributed by atoms with van der Waals surface area (Å²) in [6, 6.07) is 48.4. The number of aromatic nitrogens is 3. The van der Waals surface area contributed by atoms with Gasteiger partial charge in [0, 0.05) is 23.5 Å². The first kappa shape index (κ1) is 23.7. The largest absolute Gasteiger partial charge is 0.264 e. The van der Waals surface area contributed by atoms with Crippen molar-refractivity contribution in [3.63, 3.8) is 0 Å². The second kappa shape index (κ2) is 10.4. The van der Waals surface area contributed by atoms with Crippen molar-refractivity contribution in [1.29, 1.82) is 0 Å². The van der Waals surface area contributed by atoms with E-state index in [1.165, 1.54) is 22.3 Å². The quantitative estimate of drug-likeness (QED) is 0.231. The minimum Gasteiger partial charge on any atom is -0.264 e. The van der Waals surface area contributed by atoms with Crippen LogP contribution in [0.1, 0.15) is 0 Å². The van der Waals surface area contributed by atoms with Crippen molar-refractivity contribution in [3.05, 3.63) is 152 Å². The Hall–Kier alpha value is -5.41. The van der Waals surface area contributed by atoms with Crippen molar-refractivity contribution >= 4 is 11.0 Å². The van der Waals surface area contributed by atoms with Crippen LogP contribution in [0.2, 0.25) is 0 Å². The zero-order valence-electron chi connectivity index (χ0n) is 21.8. The van der Waals surface area contributed by atoms with Gasteiger partial charge in [-0.15, -0.1) is 0 Å². The maximum atomic E-state index is 5.03. The van der Waals surface area contributed by atoms with E-state index < -0.39 is 0 Å². The van der Waals surface area contributed by atoms with Gasteiger partial charge in [0.2, 0.25) is 0 Å². The molecule has 7 rings (SSSR count). The highest BCUT2D eigenvalue weighted by Crippen LogP contribution is 2.33. The second-order valence-corrected chi connectivity index (χ2v) is 9.75. The zero-order chi connectivity index (χ0) is 26.7. The van der Waals surface area contributed by atoms with Gasteiger partial charge >= 0.3 is 0 Å². The van der Waals surface area contributed by atoms with E-state index in [0.29, 0.717) is 0 Å². The summed E-state index contributed by atoms with van der Waals surface area (Å²) < 4.78 is 0. The molecule has 40 heavy (non-hydrogen) atoms. The van der Waals surface area contributed by atoms with Gasteiger partial charge in [-0.2, -0.15) is 0 Å². The Morgan fingerprint density at radius 1 is 0.300 bits per heavy atom. The molecule has 0 N–H and O–H groups in total. The monoisotopic (exact) mass is 511 g/mol. The minimum atomic E-state index is 0.890. The summed E-state index contributed by atoms with van der Waals surface area (Å²) in [5.41, 5.74) is 12.7. The first-order valence-corrected chi connectivity index (χ1v) is 13.4. The maximum Gasteiger partial charge on any atom is 0.0973 e. The lowest BCUT2D eigenvalue weighted by molar-refractivity contribution is 1.29. The lowest BCUT2D eigenvalue weighted by Gasteiger charge is -2.11. The summed E-state index contributed by atoms with van der Waals surface area (Å²) in [7, 11) is 0. The van der Waals surface area contributed by atoms with Crippen molar-refractivity contribution in [2.45, 2.75) is 0 Å². The Kier molecular flexibility index (Phi) is 6.15. The molecule has 0 aliphatic heterocycles. The Morgan fingerprint density at radius 3 is 1.12 bits per heavy atom. The molecule has 2 heterocycles. The zero-order valence-corrected chi connectivity index (χ0v) is 21.8. The first-order chi connectivity index (χ1) is 19.8. The molecule has 7 aromatic rings. The predicted octanol–water partition coefficient (Wildman–Crippen LogP) is 9.36. The Balaban J connectivity index is 1.17. The maximum absolute atomic E-state index is 5.03. The van der Waals surface area contributed by atoms with Gasteiger partial charge in [0.15, 0.2) is 0 Å². The van der Waals surface area contributed by atoms with Gasteiger partial charge in [-0.25, -0.2) is 9.97 Å². The second-order valence-electron chi connectivity index (χ2n) is 9.75. The van der Waals surface area contributed by atoms with E-state index in [0.717, 1.165) is 44.7 Å². The van der Waals surface area contributed by atoms with Gasteiger partial charge in [0.25, 0.3) is 0 Å². The highest BCUT2D eigenvalue weighted by molar-refractivity contribution is 5.86. The number of hydrogen-bond donors (Lipinski definition) is 0. The smallest absolute Gasteiger partial charge is 0.0973 e.